The Balaban J connectivity index is 3.00. The molecule has 0 radical (unpaired) electrons. The van der Waals surface area contributed by atoms with Gasteiger partial charge in [0.05, 0.1) is 18.2 Å². The number of hydrogen-bond donors (Lipinski definition) is 3. The van der Waals surface area contributed by atoms with Crippen LogP contribution >= 0.6 is 0 Å². The van der Waals surface area contributed by atoms with Crippen molar-refractivity contribution in [1.82, 2.24) is 15.8 Å². The Kier molecular flexibility index (Phi) is 5.07. The topological polar surface area (TPSA) is 90.9 Å². The Hall–Kier alpha value is -2.23. The Labute approximate surface area is 124 Å². The molecule has 0 fully saturated rings. The van der Waals surface area contributed by atoms with Crippen LogP contribution in [0.15, 0.2) is 23.5 Å². The molecule has 124 valence electrons. The number of hydrogen-bond acceptors (Lipinski definition) is 5. The fourth-order valence-corrected chi connectivity index (χ4v) is 1.70. The van der Waals surface area contributed by atoms with Gasteiger partial charge in [-0.05, 0) is 19.9 Å². The second-order valence-electron chi connectivity index (χ2n) is 4.99. The van der Waals surface area contributed by atoms with Crippen molar-refractivity contribution in [3.8, 4) is 0 Å². The first-order valence-electron chi connectivity index (χ1n) is 6.10. The zero-order chi connectivity index (χ0) is 17.1. The minimum Gasteiger partial charge on any atom is -0.478 e. The van der Waals surface area contributed by atoms with Crippen LogP contribution in [0.25, 0.3) is 0 Å². The van der Waals surface area contributed by atoms with E-state index in [1.165, 1.54) is 19.9 Å². The molecule has 22 heavy (non-hydrogen) atoms. The van der Waals surface area contributed by atoms with Crippen molar-refractivity contribution >= 4 is 12.1 Å². The molecule has 1 amide bonds. The maximum absolute atomic E-state index is 13.0. The van der Waals surface area contributed by atoms with E-state index < -0.39 is 41.6 Å². The van der Waals surface area contributed by atoms with Gasteiger partial charge in [-0.2, -0.15) is 13.2 Å². The van der Waals surface area contributed by atoms with Crippen molar-refractivity contribution in [3.63, 3.8) is 0 Å². The lowest BCUT2D eigenvalue weighted by Gasteiger charge is -2.24. The molecule has 10 heteroatoms. The molecule has 0 aromatic carbocycles. The fraction of sp³-hybridized carbons (Fsp3) is 0.500. The third kappa shape index (κ3) is 4.38. The van der Waals surface area contributed by atoms with E-state index in [0.29, 0.717) is 5.01 Å². The normalized spacial score (nSPS) is 16.4. The van der Waals surface area contributed by atoms with Crippen LogP contribution in [0.4, 0.5) is 18.0 Å². The number of rotatable bonds is 4. The van der Waals surface area contributed by atoms with Gasteiger partial charge in [0.2, 0.25) is 0 Å². The average molecular weight is 323 g/mol. The fourth-order valence-electron chi connectivity index (χ4n) is 1.70. The van der Waals surface area contributed by atoms with Gasteiger partial charge in [0.1, 0.15) is 0 Å². The molecule has 0 atom stereocenters. The van der Waals surface area contributed by atoms with Crippen LogP contribution in [0, 0.1) is 0 Å². The summed E-state index contributed by atoms with van der Waals surface area (Å²) in [6.45, 7) is 2.61. The number of nitrogens with one attached hydrogen (secondary N) is 2. The van der Waals surface area contributed by atoms with E-state index in [-0.39, 0.29) is 0 Å². The minimum atomic E-state index is -4.83. The number of carbonyl (C=O) groups excluding carboxylic acids is 1. The summed E-state index contributed by atoms with van der Waals surface area (Å²) in [5.74, 6) is -1.65. The summed E-state index contributed by atoms with van der Waals surface area (Å²) in [4.78, 5) is 22.0. The molecule has 1 rings (SSSR count). The monoisotopic (exact) mass is 323 g/mol. The van der Waals surface area contributed by atoms with E-state index in [9.17, 15) is 22.8 Å². The zero-order valence-corrected chi connectivity index (χ0v) is 12.1. The SMILES string of the molecule is COC(=O)NC(C)(C)/C=C/N1NCC(C(=O)O)=C1C(F)(F)F. The van der Waals surface area contributed by atoms with Crippen molar-refractivity contribution in [1.29, 1.82) is 0 Å². The van der Waals surface area contributed by atoms with Gasteiger partial charge < -0.3 is 15.2 Å². The number of ether oxygens (including phenoxy) is 1. The minimum absolute atomic E-state index is 0.459. The lowest BCUT2D eigenvalue weighted by Crippen LogP contribution is -2.42. The summed E-state index contributed by atoms with van der Waals surface area (Å²) in [5, 5.41) is 11.8. The number of nitrogens with zero attached hydrogens (tertiary/aromatic N) is 1. The van der Waals surface area contributed by atoms with E-state index in [2.05, 4.69) is 15.5 Å². The largest absolute Gasteiger partial charge is 0.478 e. The molecule has 0 aromatic heterocycles. The number of allylic oxidation sites excluding steroid dienone is 1. The van der Waals surface area contributed by atoms with Gasteiger partial charge in [-0.25, -0.2) is 15.0 Å². The molecule has 7 nitrogen and oxygen atoms in total. The van der Waals surface area contributed by atoms with Crippen molar-refractivity contribution in [3.05, 3.63) is 23.5 Å². The van der Waals surface area contributed by atoms with Crippen molar-refractivity contribution in [2.24, 2.45) is 0 Å². The maximum Gasteiger partial charge on any atom is 0.433 e. The number of alkyl carbamates (subject to hydrolysis) is 1. The van der Waals surface area contributed by atoms with Gasteiger partial charge in [-0.15, -0.1) is 0 Å². The van der Waals surface area contributed by atoms with Crippen molar-refractivity contribution in [2.75, 3.05) is 13.7 Å². The number of alkyl halides is 3. The van der Waals surface area contributed by atoms with Gasteiger partial charge >= 0.3 is 18.2 Å². The zero-order valence-electron chi connectivity index (χ0n) is 12.1. The highest BCUT2D eigenvalue weighted by Crippen LogP contribution is 2.33. The molecule has 0 spiro atoms. The van der Waals surface area contributed by atoms with E-state index >= 15 is 0 Å². The highest BCUT2D eigenvalue weighted by molar-refractivity contribution is 5.88. The molecule has 0 saturated heterocycles. The Bertz CT molecular complexity index is 526. The number of carboxylic acid groups (broad SMARTS) is 1. The van der Waals surface area contributed by atoms with Crippen LogP contribution in [0.3, 0.4) is 0 Å². The Morgan fingerprint density at radius 2 is 2.00 bits per heavy atom. The Morgan fingerprint density at radius 3 is 2.45 bits per heavy atom. The van der Waals surface area contributed by atoms with Crippen LogP contribution in [0.5, 0.6) is 0 Å². The van der Waals surface area contributed by atoms with E-state index in [1.54, 1.807) is 0 Å². The number of hydrazine groups is 1. The van der Waals surface area contributed by atoms with Crippen LogP contribution < -0.4 is 10.7 Å². The Morgan fingerprint density at radius 1 is 1.41 bits per heavy atom. The number of aliphatic carboxylic acids is 1. The summed E-state index contributed by atoms with van der Waals surface area (Å²) >= 11 is 0. The molecule has 0 saturated carbocycles. The molecule has 0 bridgehead atoms. The first-order chi connectivity index (χ1) is 9.98. The highest BCUT2D eigenvalue weighted by Gasteiger charge is 2.44. The second kappa shape index (κ2) is 6.26. The van der Waals surface area contributed by atoms with Crippen LogP contribution in [-0.4, -0.2) is 47.5 Å². The molecule has 3 N–H and O–H groups in total. The number of amides is 1. The van der Waals surface area contributed by atoms with E-state index in [4.69, 9.17) is 5.11 Å². The molecule has 1 aliphatic rings. The molecule has 0 aliphatic carbocycles. The summed E-state index contributed by atoms with van der Waals surface area (Å²) < 4.78 is 43.3. The van der Waals surface area contributed by atoms with Gasteiger partial charge in [0, 0.05) is 12.7 Å². The predicted molar refractivity (Wildman–Crippen MR) is 69.3 cm³/mol. The molecule has 0 unspecified atom stereocenters. The summed E-state index contributed by atoms with van der Waals surface area (Å²) in [6.07, 6.45) is -3.30. The van der Waals surface area contributed by atoms with Gasteiger partial charge in [0.25, 0.3) is 0 Å². The molecule has 1 heterocycles. The lowest BCUT2D eigenvalue weighted by atomic mass is 10.1. The molecule has 1 aliphatic heterocycles. The van der Waals surface area contributed by atoms with Gasteiger partial charge in [-0.3, -0.25) is 5.01 Å². The van der Waals surface area contributed by atoms with Gasteiger partial charge in [-0.1, -0.05) is 0 Å². The molecular formula is C12H16F3N3O4. The standard InChI is InChI=1S/C12H16F3N3O4/c1-11(2,17-10(21)22-3)4-5-18-8(12(13,14)15)7(6-16-18)9(19)20/h4-5,16H,6H2,1-3H3,(H,17,21)(H,19,20)/b5-4+. The lowest BCUT2D eigenvalue weighted by molar-refractivity contribution is -0.134. The van der Waals surface area contributed by atoms with E-state index in [0.717, 1.165) is 13.3 Å². The van der Waals surface area contributed by atoms with Crippen LogP contribution in [0.1, 0.15) is 13.8 Å². The quantitative estimate of drug-likeness (QED) is 0.723. The first-order valence-corrected chi connectivity index (χ1v) is 6.10. The van der Waals surface area contributed by atoms with Crippen molar-refractivity contribution < 1.29 is 32.6 Å². The number of carboxylic acids is 1. The number of carbonyl (C=O) groups is 2. The van der Waals surface area contributed by atoms with Crippen LogP contribution in [0.2, 0.25) is 0 Å². The third-order valence-corrected chi connectivity index (χ3v) is 2.73. The number of halogens is 3. The average Bonchev–Trinajstić information content (AvgIpc) is 2.79. The smallest absolute Gasteiger partial charge is 0.433 e. The predicted octanol–water partition coefficient (Wildman–Crippen LogP) is 1.36. The summed E-state index contributed by atoms with van der Waals surface area (Å²) in [5.41, 5.74) is -0.773. The van der Waals surface area contributed by atoms with E-state index in [1.807, 2.05) is 0 Å². The number of methoxy groups -OCH3 is 1. The van der Waals surface area contributed by atoms with Crippen molar-refractivity contribution in [2.45, 2.75) is 25.6 Å². The maximum atomic E-state index is 13.0. The first kappa shape index (κ1) is 17.8. The molecule has 0 aromatic rings. The molecular weight excluding hydrogens is 307 g/mol. The highest BCUT2D eigenvalue weighted by atomic mass is 19.4. The summed E-state index contributed by atoms with van der Waals surface area (Å²) in [6, 6.07) is 0. The second-order valence-corrected chi connectivity index (χ2v) is 4.99. The van der Waals surface area contributed by atoms with Crippen LogP contribution in [-0.2, 0) is 9.53 Å². The van der Waals surface area contributed by atoms with Gasteiger partial charge in [0.15, 0.2) is 5.70 Å². The third-order valence-electron chi connectivity index (χ3n) is 2.73. The summed E-state index contributed by atoms with van der Waals surface area (Å²) in [7, 11) is 1.15.